The quantitative estimate of drug-likeness (QED) is 0.936. The van der Waals surface area contributed by atoms with Gasteiger partial charge in [0.2, 0.25) is 0 Å². The van der Waals surface area contributed by atoms with E-state index in [-0.39, 0.29) is 10.8 Å². The van der Waals surface area contributed by atoms with Gasteiger partial charge in [-0.15, -0.1) is 0 Å². The highest BCUT2D eigenvalue weighted by Crippen LogP contribution is 2.24. The number of anilines is 1. The number of carbonyl (C=O) groups excluding carboxylic acids is 1. The molecule has 2 aromatic carbocycles. The zero-order chi connectivity index (χ0) is 16.6. The molecule has 0 saturated carbocycles. The molecule has 0 saturated heterocycles. The molecule has 0 fully saturated rings. The van der Waals surface area contributed by atoms with Crippen LogP contribution in [-0.4, -0.2) is 32.8 Å². The van der Waals surface area contributed by atoms with Gasteiger partial charge in [-0.1, -0.05) is 0 Å². The zero-order valence-electron chi connectivity index (χ0n) is 12.4. The molecule has 120 valence electrons. The first-order chi connectivity index (χ1) is 10.9. The van der Waals surface area contributed by atoms with Crippen molar-refractivity contribution in [3.63, 3.8) is 0 Å². The summed E-state index contributed by atoms with van der Waals surface area (Å²) < 4.78 is 39.9. The predicted molar refractivity (Wildman–Crippen MR) is 84.3 cm³/mol. The molecule has 23 heavy (non-hydrogen) atoms. The van der Waals surface area contributed by atoms with Crippen molar-refractivity contribution in [2.24, 2.45) is 0 Å². The number of nitrogens with one attached hydrogen (secondary N) is 1. The number of rotatable bonds is 3. The van der Waals surface area contributed by atoms with Crippen LogP contribution in [0.1, 0.15) is 15.9 Å². The Hall–Kier alpha value is -2.41. The van der Waals surface area contributed by atoms with Crippen molar-refractivity contribution < 1.29 is 17.6 Å². The van der Waals surface area contributed by atoms with Crippen LogP contribution < -0.4 is 4.72 Å². The summed E-state index contributed by atoms with van der Waals surface area (Å²) in [5, 5.41) is 0. The second kappa shape index (κ2) is 5.66. The molecule has 0 bridgehead atoms. The summed E-state index contributed by atoms with van der Waals surface area (Å²) in [5.41, 5.74) is 1.78. The van der Waals surface area contributed by atoms with E-state index in [1.165, 1.54) is 12.1 Å². The number of benzene rings is 2. The maximum Gasteiger partial charge on any atom is 0.261 e. The van der Waals surface area contributed by atoms with E-state index in [1.807, 2.05) is 0 Å². The molecular weight excluding hydrogens is 319 g/mol. The third kappa shape index (κ3) is 3.05. The fourth-order valence-corrected chi connectivity index (χ4v) is 3.55. The van der Waals surface area contributed by atoms with Crippen molar-refractivity contribution in [3.05, 3.63) is 59.4 Å². The molecule has 0 spiro atoms. The van der Waals surface area contributed by atoms with Crippen LogP contribution in [0.15, 0.2) is 47.4 Å². The summed E-state index contributed by atoms with van der Waals surface area (Å²) in [6, 6.07) is 9.43. The number of hydrogen-bond acceptors (Lipinski definition) is 3. The van der Waals surface area contributed by atoms with Crippen LogP contribution in [0.5, 0.6) is 0 Å². The fraction of sp³-hybridized carbons (Fsp3) is 0.188. The van der Waals surface area contributed by atoms with E-state index < -0.39 is 15.8 Å². The summed E-state index contributed by atoms with van der Waals surface area (Å²) in [6.07, 6.45) is 0.670. The molecule has 2 aromatic rings. The Morgan fingerprint density at radius 3 is 2.52 bits per heavy atom. The lowest BCUT2D eigenvalue weighted by Crippen LogP contribution is -2.34. The Kier molecular flexibility index (Phi) is 3.81. The van der Waals surface area contributed by atoms with Crippen molar-refractivity contribution in [2.45, 2.75) is 11.3 Å². The van der Waals surface area contributed by atoms with Gasteiger partial charge in [-0.05, 0) is 54.4 Å². The summed E-state index contributed by atoms with van der Waals surface area (Å²) in [4.78, 5) is 13.6. The number of halogens is 1. The number of sulfonamides is 1. The molecule has 3 rings (SSSR count). The monoisotopic (exact) mass is 334 g/mol. The largest absolute Gasteiger partial charge is 0.341 e. The smallest absolute Gasteiger partial charge is 0.261 e. The van der Waals surface area contributed by atoms with E-state index in [9.17, 15) is 17.6 Å². The molecule has 0 aromatic heterocycles. The molecule has 0 radical (unpaired) electrons. The SMILES string of the molecule is CN1CCc2cc(NS(=O)(=O)c3ccc(F)cc3)ccc2C1=O. The van der Waals surface area contributed by atoms with E-state index in [1.54, 1.807) is 30.1 Å². The highest BCUT2D eigenvalue weighted by molar-refractivity contribution is 7.92. The van der Waals surface area contributed by atoms with E-state index in [2.05, 4.69) is 4.72 Å². The lowest BCUT2D eigenvalue weighted by atomic mass is 9.99. The average molecular weight is 334 g/mol. The minimum Gasteiger partial charge on any atom is -0.341 e. The zero-order valence-corrected chi connectivity index (χ0v) is 13.2. The van der Waals surface area contributed by atoms with Crippen molar-refractivity contribution >= 4 is 21.6 Å². The van der Waals surface area contributed by atoms with Gasteiger partial charge in [0.05, 0.1) is 4.90 Å². The third-order valence-corrected chi connectivity index (χ3v) is 5.17. The van der Waals surface area contributed by atoms with Crippen LogP contribution in [0, 0.1) is 5.82 Å². The number of carbonyl (C=O) groups is 1. The molecule has 1 heterocycles. The number of amides is 1. The van der Waals surface area contributed by atoms with Crippen LogP contribution >= 0.6 is 0 Å². The van der Waals surface area contributed by atoms with Crippen LogP contribution in [-0.2, 0) is 16.4 Å². The summed E-state index contributed by atoms with van der Waals surface area (Å²) >= 11 is 0. The van der Waals surface area contributed by atoms with Crippen molar-refractivity contribution in [1.29, 1.82) is 0 Å². The normalized spacial score (nSPS) is 14.5. The second-order valence-electron chi connectivity index (χ2n) is 5.41. The minimum absolute atomic E-state index is 0.0209. The van der Waals surface area contributed by atoms with Gasteiger partial charge >= 0.3 is 0 Å². The molecule has 7 heteroatoms. The molecule has 1 aliphatic heterocycles. The summed E-state index contributed by atoms with van der Waals surface area (Å²) in [5.74, 6) is -0.570. The van der Waals surface area contributed by atoms with Gasteiger partial charge in [-0.3, -0.25) is 9.52 Å². The maximum atomic E-state index is 12.9. The van der Waals surface area contributed by atoms with E-state index in [0.717, 1.165) is 17.7 Å². The Bertz CT molecular complexity index is 863. The van der Waals surface area contributed by atoms with Crippen LogP contribution in [0.25, 0.3) is 0 Å². The van der Waals surface area contributed by atoms with Crippen molar-refractivity contribution in [1.82, 2.24) is 4.90 Å². The first kappa shape index (κ1) is 15.5. The lowest BCUT2D eigenvalue weighted by Gasteiger charge is -2.25. The molecule has 1 N–H and O–H groups in total. The molecule has 5 nitrogen and oxygen atoms in total. The number of fused-ring (bicyclic) bond motifs is 1. The number of hydrogen-bond donors (Lipinski definition) is 1. The third-order valence-electron chi connectivity index (χ3n) is 3.78. The van der Waals surface area contributed by atoms with Gasteiger partial charge in [0, 0.05) is 24.8 Å². The topological polar surface area (TPSA) is 66.5 Å². The molecular formula is C16H15FN2O3S. The van der Waals surface area contributed by atoms with Crippen LogP contribution in [0.2, 0.25) is 0 Å². The minimum atomic E-state index is -3.79. The van der Waals surface area contributed by atoms with Gasteiger partial charge in [-0.2, -0.15) is 0 Å². The van der Waals surface area contributed by atoms with E-state index in [0.29, 0.717) is 24.2 Å². The standard InChI is InChI=1S/C16H15FN2O3S/c1-19-9-8-11-10-13(4-7-15(11)16(19)20)18-23(21,22)14-5-2-12(17)3-6-14/h2-7,10,18H,8-9H2,1H3. The van der Waals surface area contributed by atoms with Gasteiger partial charge in [0.25, 0.3) is 15.9 Å². The predicted octanol–water partition coefficient (Wildman–Crippen LogP) is 2.25. The van der Waals surface area contributed by atoms with Gasteiger partial charge in [-0.25, -0.2) is 12.8 Å². The fourth-order valence-electron chi connectivity index (χ4n) is 2.50. The molecule has 1 amide bonds. The summed E-state index contributed by atoms with van der Waals surface area (Å²) in [6.45, 7) is 0.597. The van der Waals surface area contributed by atoms with Crippen LogP contribution in [0.3, 0.4) is 0 Å². The lowest BCUT2D eigenvalue weighted by molar-refractivity contribution is 0.0781. The van der Waals surface area contributed by atoms with Crippen molar-refractivity contribution in [3.8, 4) is 0 Å². The Balaban J connectivity index is 1.89. The van der Waals surface area contributed by atoms with E-state index in [4.69, 9.17) is 0 Å². The van der Waals surface area contributed by atoms with Crippen molar-refractivity contribution in [2.75, 3.05) is 18.3 Å². The molecule has 1 aliphatic rings. The van der Waals surface area contributed by atoms with Gasteiger partial charge in [0.15, 0.2) is 0 Å². The summed E-state index contributed by atoms with van der Waals surface area (Å²) in [7, 11) is -2.06. The van der Waals surface area contributed by atoms with Gasteiger partial charge in [0.1, 0.15) is 5.82 Å². The average Bonchev–Trinajstić information content (AvgIpc) is 2.51. The highest BCUT2D eigenvalue weighted by Gasteiger charge is 2.22. The number of nitrogens with zero attached hydrogens (tertiary/aromatic N) is 1. The van der Waals surface area contributed by atoms with Gasteiger partial charge < -0.3 is 4.90 Å². The van der Waals surface area contributed by atoms with Crippen LogP contribution in [0.4, 0.5) is 10.1 Å². The molecule has 0 unspecified atom stereocenters. The first-order valence-electron chi connectivity index (χ1n) is 7.03. The highest BCUT2D eigenvalue weighted by atomic mass is 32.2. The molecule has 0 aliphatic carbocycles. The maximum absolute atomic E-state index is 12.9. The second-order valence-corrected chi connectivity index (χ2v) is 7.09. The number of likely N-dealkylation sites (N-methyl/N-ethyl adjacent to an activating group) is 1. The van der Waals surface area contributed by atoms with E-state index >= 15 is 0 Å². The Labute approximate surface area is 133 Å². The Morgan fingerprint density at radius 2 is 1.83 bits per heavy atom. The first-order valence-corrected chi connectivity index (χ1v) is 8.52. The Morgan fingerprint density at radius 1 is 1.13 bits per heavy atom. The molecule has 0 atom stereocenters.